The molecule has 0 saturated carbocycles. The van der Waals surface area contributed by atoms with Gasteiger partial charge in [0, 0.05) is 25.2 Å². The number of guanidine groups is 1. The molecule has 1 heterocycles. The first-order valence-electron chi connectivity index (χ1n) is 8.71. The Kier molecular flexibility index (Phi) is 6.46. The van der Waals surface area contributed by atoms with E-state index < -0.39 is 0 Å². The van der Waals surface area contributed by atoms with E-state index in [1.807, 2.05) is 0 Å². The van der Waals surface area contributed by atoms with E-state index in [9.17, 15) is 0 Å². The zero-order chi connectivity index (χ0) is 16.7. The summed E-state index contributed by atoms with van der Waals surface area (Å²) in [6, 6.07) is 8.63. The van der Waals surface area contributed by atoms with Crippen molar-refractivity contribution in [1.29, 1.82) is 0 Å². The second-order valence-electron chi connectivity index (χ2n) is 7.02. The lowest BCUT2D eigenvalue weighted by Crippen LogP contribution is -2.40. The van der Waals surface area contributed by atoms with Gasteiger partial charge in [0.1, 0.15) is 0 Å². The molecular weight excluding hydrogens is 286 g/mol. The van der Waals surface area contributed by atoms with Crippen LogP contribution in [0.5, 0.6) is 0 Å². The quantitative estimate of drug-likeness (QED) is 0.626. The van der Waals surface area contributed by atoms with Gasteiger partial charge in [-0.2, -0.15) is 0 Å². The Morgan fingerprint density at radius 3 is 2.65 bits per heavy atom. The third-order valence-electron chi connectivity index (χ3n) is 4.75. The van der Waals surface area contributed by atoms with Gasteiger partial charge in [-0.1, -0.05) is 38.1 Å². The van der Waals surface area contributed by atoms with Gasteiger partial charge in [-0.3, -0.25) is 4.99 Å². The summed E-state index contributed by atoms with van der Waals surface area (Å²) in [6.45, 7) is 9.80. The molecule has 1 saturated heterocycles. The number of hydrogen-bond acceptors (Lipinski definition) is 2. The van der Waals surface area contributed by atoms with Crippen LogP contribution in [-0.4, -0.2) is 32.3 Å². The minimum absolute atomic E-state index is 0.0495. The maximum Gasteiger partial charge on any atom is 0.188 e. The monoisotopic (exact) mass is 317 g/mol. The van der Waals surface area contributed by atoms with Gasteiger partial charge in [0.15, 0.2) is 5.96 Å². The molecular formula is C19H31N3O. The fourth-order valence-corrected chi connectivity index (χ4v) is 3.22. The number of hydrogen-bond donors (Lipinski definition) is 2. The van der Waals surface area contributed by atoms with Gasteiger partial charge in [0.2, 0.25) is 0 Å². The molecule has 4 nitrogen and oxygen atoms in total. The van der Waals surface area contributed by atoms with E-state index in [1.165, 1.54) is 11.1 Å². The molecule has 1 aliphatic heterocycles. The van der Waals surface area contributed by atoms with Gasteiger partial charge < -0.3 is 15.8 Å². The van der Waals surface area contributed by atoms with Crippen LogP contribution in [0.25, 0.3) is 0 Å². The van der Waals surface area contributed by atoms with Crippen LogP contribution in [0, 0.1) is 12.8 Å². The molecule has 23 heavy (non-hydrogen) atoms. The van der Waals surface area contributed by atoms with E-state index in [-0.39, 0.29) is 5.41 Å². The molecule has 0 amide bonds. The summed E-state index contributed by atoms with van der Waals surface area (Å²) in [5, 5.41) is 3.23. The zero-order valence-corrected chi connectivity index (χ0v) is 14.8. The maximum absolute atomic E-state index is 6.06. The number of aliphatic imine (C=N–C) groups is 1. The van der Waals surface area contributed by atoms with Crippen LogP contribution in [0.4, 0.5) is 0 Å². The van der Waals surface area contributed by atoms with Crippen LogP contribution < -0.4 is 11.1 Å². The molecule has 0 unspecified atom stereocenters. The van der Waals surface area contributed by atoms with E-state index in [1.54, 1.807) is 0 Å². The first kappa shape index (κ1) is 17.8. The molecule has 1 aromatic carbocycles. The number of rotatable bonds is 6. The summed E-state index contributed by atoms with van der Waals surface area (Å²) in [6.07, 6.45) is 3.11. The molecule has 1 aromatic rings. The fourth-order valence-electron chi connectivity index (χ4n) is 3.22. The third-order valence-corrected chi connectivity index (χ3v) is 4.75. The van der Waals surface area contributed by atoms with Gasteiger partial charge in [-0.25, -0.2) is 0 Å². The maximum atomic E-state index is 6.06. The van der Waals surface area contributed by atoms with Crippen molar-refractivity contribution in [3.05, 3.63) is 35.4 Å². The average molecular weight is 317 g/mol. The Morgan fingerprint density at radius 2 is 2.00 bits per heavy atom. The molecule has 1 fully saturated rings. The predicted molar refractivity (Wildman–Crippen MR) is 96.9 cm³/mol. The van der Waals surface area contributed by atoms with E-state index in [4.69, 9.17) is 10.5 Å². The summed E-state index contributed by atoms with van der Waals surface area (Å²) < 4.78 is 5.59. The molecule has 0 atom stereocenters. The lowest BCUT2D eigenvalue weighted by molar-refractivity contribution is 0.0529. The molecule has 3 N–H and O–H groups in total. The van der Waals surface area contributed by atoms with E-state index in [0.29, 0.717) is 11.9 Å². The van der Waals surface area contributed by atoms with Crippen molar-refractivity contribution in [2.75, 3.05) is 26.3 Å². The predicted octanol–water partition coefficient (Wildman–Crippen LogP) is 2.99. The average Bonchev–Trinajstić information content (AvgIpc) is 2.54. The minimum Gasteiger partial charge on any atom is -0.381 e. The Balaban J connectivity index is 2.09. The number of benzene rings is 1. The molecule has 0 aliphatic carbocycles. The second kappa shape index (κ2) is 8.34. The molecule has 1 aliphatic rings. The summed E-state index contributed by atoms with van der Waals surface area (Å²) in [4.78, 5) is 4.66. The molecule has 2 rings (SSSR count). The van der Waals surface area contributed by atoms with Crippen molar-refractivity contribution in [3.8, 4) is 0 Å². The molecule has 128 valence electrons. The van der Waals surface area contributed by atoms with Gasteiger partial charge in [-0.15, -0.1) is 0 Å². The zero-order valence-electron chi connectivity index (χ0n) is 14.8. The normalized spacial score (nSPS) is 18.2. The highest BCUT2D eigenvalue weighted by Crippen LogP contribution is 2.36. The van der Waals surface area contributed by atoms with Gasteiger partial charge >= 0.3 is 0 Å². The number of ether oxygens (including phenoxy) is 1. The highest BCUT2D eigenvalue weighted by Gasteiger charge is 2.35. The molecule has 0 spiro atoms. The third kappa shape index (κ3) is 4.96. The number of aryl methyl sites for hydroxylation is 1. The van der Waals surface area contributed by atoms with Crippen LogP contribution >= 0.6 is 0 Å². The number of nitrogens with one attached hydrogen (secondary N) is 1. The number of nitrogens with zero attached hydrogens (tertiary/aromatic N) is 1. The fraction of sp³-hybridized carbons (Fsp3) is 0.632. The largest absolute Gasteiger partial charge is 0.381 e. The highest BCUT2D eigenvalue weighted by molar-refractivity contribution is 5.77. The minimum atomic E-state index is 0.0495. The molecule has 0 aromatic heterocycles. The van der Waals surface area contributed by atoms with Crippen LogP contribution in [0.1, 0.15) is 44.2 Å². The van der Waals surface area contributed by atoms with Crippen LogP contribution in [0.3, 0.4) is 0 Å². The number of nitrogens with two attached hydrogens (primary N) is 1. The Hall–Kier alpha value is -1.55. The van der Waals surface area contributed by atoms with Crippen LogP contribution in [0.2, 0.25) is 0 Å². The molecule has 0 bridgehead atoms. The standard InChI is InChI=1S/C19H31N3O/c1-15(2)8-11-21-18(20)22-14-19(9-12-23-13-10-19)17-7-5-4-6-16(17)3/h4-7,15H,8-14H2,1-3H3,(H3,20,21,22). The smallest absolute Gasteiger partial charge is 0.188 e. The van der Waals surface area contributed by atoms with Gasteiger partial charge in [0.05, 0.1) is 6.54 Å². The first-order chi connectivity index (χ1) is 11.0. The van der Waals surface area contributed by atoms with Crippen molar-refractivity contribution < 1.29 is 4.74 Å². The van der Waals surface area contributed by atoms with Crippen molar-refractivity contribution in [1.82, 2.24) is 5.32 Å². The topological polar surface area (TPSA) is 59.6 Å². The molecule has 0 radical (unpaired) electrons. The van der Waals surface area contributed by atoms with Crippen molar-refractivity contribution in [2.45, 2.75) is 45.4 Å². The highest BCUT2D eigenvalue weighted by atomic mass is 16.5. The van der Waals surface area contributed by atoms with Gasteiger partial charge in [-0.05, 0) is 43.2 Å². The van der Waals surface area contributed by atoms with Crippen LogP contribution in [-0.2, 0) is 10.2 Å². The van der Waals surface area contributed by atoms with Crippen molar-refractivity contribution in [3.63, 3.8) is 0 Å². The van der Waals surface area contributed by atoms with Crippen molar-refractivity contribution in [2.24, 2.45) is 16.6 Å². The lowest BCUT2D eigenvalue weighted by atomic mass is 9.72. The Morgan fingerprint density at radius 1 is 1.30 bits per heavy atom. The van der Waals surface area contributed by atoms with Crippen molar-refractivity contribution >= 4 is 5.96 Å². The summed E-state index contributed by atoms with van der Waals surface area (Å²) in [7, 11) is 0. The lowest BCUT2D eigenvalue weighted by Gasteiger charge is -2.37. The SMILES string of the molecule is Cc1ccccc1C1(CN=C(N)NCCC(C)C)CCOCC1. The molecule has 4 heteroatoms. The Labute approximate surface area is 140 Å². The van der Waals surface area contributed by atoms with E-state index in [0.717, 1.165) is 45.6 Å². The van der Waals surface area contributed by atoms with E-state index >= 15 is 0 Å². The van der Waals surface area contributed by atoms with Crippen LogP contribution in [0.15, 0.2) is 29.3 Å². The summed E-state index contributed by atoms with van der Waals surface area (Å²) in [5.41, 5.74) is 8.83. The Bertz CT molecular complexity index is 519. The van der Waals surface area contributed by atoms with Gasteiger partial charge in [0.25, 0.3) is 0 Å². The van der Waals surface area contributed by atoms with E-state index in [2.05, 4.69) is 55.3 Å². The first-order valence-corrected chi connectivity index (χ1v) is 8.71. The summed E-state index contributed by atoms with van der Waals surface area (Å²) in [5.74, 6) is 1.23. The second-order valence-corrected chi connectivity index (χ2v) is 7.02. The summed E-state index contributed by atoms with van der Waals surface area (Å²) >= 11 is 0.